The van der Waals surface area contributed by atoms with Crippen LogP contribution in [-0.2, 0) is 17.6 Å². The molecule has 2 heterocycles. The zero-order valence-electron chi connectivity index (χ0n) is 12.3. The first-order valence-corrected chi connectivity index (χ1v) is 7.32. The van der Waals surface area contributed by atoms with Crippen LogP contribution in [-0.4, -0.2) is 37.3 Å². The van der Waals surface area contributed by atoms with E-state index < -0.39 is 0 Å². The lowest BCUT2D eigenvalue weighted by Crippen LogP contribution is -2.33. The van der Waals surface area contributed by atoms with Gasteiger partial charge in [-0.1, -0.05) is 6.58 Å². The smallest absolute Gasteiger partial charge is 0.409 e. The molecule has 0 unspecified atom stereocenters. The predicted octanol–water partition coefficient (Wildman–Crippen LogP) is 2.56. The second kappa shape index (κ2) is 5.68. The summed E-state index contributed by atoms with van der Waals surface area (Å²) >= 11 is 0. The van der Waals surface area contributed by atoms with E-state index in [4.69, 9.17) is 9.47 Å². The first kappa shape index (κ1) is 13.8. The van der Waals surface area contributed by atoms with Crippen LogP contribution in [0.15, 0.2) is 24.4 Å². The van der Waals surface area contributed by atoms with Gasteiger partial charge in [0.2, 0.25) is 0 Å². The van der Waals surface area contributed by atoms with Crippen LogP contribution in [0.2, 0.25) is 0 Å². The first-order chi connectivity index (χ1) is 10.2. The Hall–Kier alpha value is -2.17. The number of amides is 1. The van der Waals surface area contributed by atoms with Crippen molar-refractivity contribution in [1.29, 1.82) is 0 Å². The molecule has 0 bridgehead atoms. The van der Waals surface area contributed by atoms with E-state index >= 15 is 0 Å². The Morgan fingerprint density at radius 2 is 2.10 bits per heavy atom. The minimum absolute atomic E-state index is 0.224. The van der Waals surface area contributed by atoms with Crippen LogP contribution in [0, 0.1) is 0 Å². The van der Waals surface area contributed by atoms with Gasteiger partial charge in [0.1, 0.15) is 12.4 Å². The zero-order valence-corrected chi connectivity index (χ0v) is 12.3. The van der Waals surface area contributed by atoms with E-state index in [1.807, 2.05) is 6.92 Å². The SMILES string of the molecule is C=C1COc2cc3c(cc2N1)CCN(C(=O)OCC)CC3. The van der Waals surface area contributed by atoms with Crippen LogP contribution in [0.4, 0.5) is 10.5 Å². The quantitative estimate of drug-likeness (QED) is 0.863. The van der Waals surface area contributed by atoms with Gasteiger partial charge in [0.25, 0.3) is 0 Å². The first-order valence-electron chi connectivity index (χ1n) is 7.32. The van der Waals surface area contributed by atoms with Gasteiger partial charge in [-0.2, -0.15) is 0 Å². The molecule has 0 saturated carbocycles. The van der Waals surface area contributed by atoms with Crippen molar-refractivity contribution in [3.63, 3.8) is 0 Å². The molecule has 0 saturated heterocycles. The Morgan fingerprint density at radius 1 is 1.38 bits per heavy atom. The fourth-order valence-corrected chi connectivity index (χ4v) is 2.76. The average molecular weight is 288 g/mol. The van der Waals surface area contributed by atoms with Gasteiger partial charge < -0.3 is 19.7 Å². The molecule has 0 atom stereocenters. The molecule has 112 valence electrons. The van der Waals surface area contributed by atoms with E-state index in [1.54, 1.807) is 4.90 Å². The Bertz CT molecular complexity index is 583. The van der Waals surface area contributed by atoms with Crippen LogP contribution >= 0.6 is 0 Å². The van der Waals surface area contributed by atoms with Gasteiger partial charge in [0, 0.05) is 18.8 Å². The molecule has 0 radical (unpaired) electrons. The summed E-state index contributed by atoms with van der Waals surface area (Å²) in [5.74, 6) is 0.866. The molecule has 0 aromatic heterocycles. The average Bonchev–Trinajstić information content (AvgIpc) is 2.67. The second-order valence-corrected chi connectivity index (χ2v) is 5.32. The standard InChI is InChI=1S/C16H20N2O3/c1-3-20-16(19)18-6-4-12-8-14-15(9-13(12)5-7-18)21-10-11(2)17-14/h8-9,17H,2-7,10H2,1H3. The van der Waals surface area contributed by atoms with Gasteiger partial charge in [0.05, 0.1) is 12.3 Å². The van der Waals surface area contributed by atoms with E-state index in [0.717, 1.165) is 30.0 Å². The summed E-state index contributed by atoms with van der Waals surface area (Å²) in [5.41, 5.74) is 4.33. The largest absolute Gasteiger partial charge is 0.485 e. The number of hydrogen-bond donors (Lipinski definition) is 1. The minimum atomic E-state index is -0.224. The Kier molecular flexibility index (Phi) is 3.73. The van der Waals surface area contributed by atoms with Crippen molar-refractivity contribution in [3.05, 3.63) is 35.5 Å². The highest BCUT2D eigenvalue weighted by Gasteiger charge is 2.22. The lowest BCUT2D eigenvalue weighted by atomic mass is 10.0. The molecule has 1 N–H and O–H groups in total. The van der Waals surface area contributed by atoms with Gasteiger partial charge >= 0.3 is 6.09 Å². The van der Waals surface area contributed by atoms with E-state index in [0.29, 0.717) is 26.3 Å². The fourth-order valence-electron chi connectivity index (χ4n) is 2.76. The molecule has 5 heteroatoms. The van der Waals surface area contributed by atoms with E-state index in [1.165, 1.54) is 11.1 Å². The van der Waals surface area contributed by atoms with Gasteiger partial charge in [-0.25, -0.2) is 4.79 Å². The zero-order chi connectivity index (χ0) is 14.8. The highest BCUT2D eigenvalue weighted by molar-refractivity contribution is 5.68. The van der Waals surface area contributed by atoms with Crippen LogP contribution in [0.1, 0.15) is 18.1 Å². The van der Waals surface area contributed by atoms with Crippen molar-refractivity contribution < 1.29 is 14.3 Å². The number of carbonyl (C=O) groups excluding carboxylic acids is 1. The maximum Gasteiger partial charge on any atom is 0.409 e. The molecule has 3 rings (SSSR count). The summed E-state index contributed by atoms with van der Waals surface area (Å²) in [5, 5.41) is 3.26. The topological polar surface area (TPSA) is 50.8 Å². The molecule has 2 aliphatic rings. The Labute approximate surface area is 124 Å². The van der Waals surface area contributed by atoms with Crippen LogP contribution in [0.25, 0.3) is 0 Å². The third-order valence-corrected chi connectivity index (χ3v) is 3.84. The van der Waals surface area contributed by atoms with E-state index in [-0.39, 0.29) is 6.09 Å². The van der Waals surface area contributed by atoms with Crippen molar-refractivity contribution in [2.24, 2.45) is 0 Å². The highest BCUT2D eigenvalue weighted by Crippen LogP contribution is 2.34. The second-order valence-electron chi connectivity index (χ2n) is 5.32. The lowest BCUT2D eigenvalue weighted by Gasteiger charge is -2.22. The van der Waals surface area contributed by atoms with Gasteiger partial charge in [-0.3, -0.25) is 0 Å². The normalized spacial score (nSPS) is 17.0. The number of fused-ring (bicyclic) bond motifs is 2. The molecular formula is C16H20N2O3. The third-order valence-electron chi connectivity index (χ3n) is 3.84. The summed E-state index contributed by atoms with van der Waals surface area (Å²) in [4.78, 5) is 13.6. The third kappa shape index (κ3) is 2.82. The van der Waals surface area contributed by atoms with Crippen molar-refractivity contribution in [1.82, 2.24) is 4.90 Å². The van der Waals surface area contributed by atoms with Gasteiger partial charge in [0.15, 0.2) is 0 Å². The number of anilines is 1. The molecule has 21 heavy (non-hydrogen) atoms. The number of hydrogen-bond acceptors (Lipinski definition) is 4. The summed E-state index contributed by atoms with van der Waals surface area (Å²) < 4.78 is 10.8. The lowest BCUT2D eigenvalue weighted by molar-refractivity contribution is 0.109. The Balaban J connectivity index is 1.80. The molecule has 0 spiro atoms. The summed E-state index contributed by atoms with van der Waals surface area (Å²) in [6, 6.07) is 4.20. The van der Waals surface area contributed by atoms with Gasteiger partial charge in [-0.15, -0.1) is 0 Å². The maximum atomic E-state index is 11.9. The molecular weight excluding hydrogens is 268 g/mol. The molecule has 1 aromatic carbocycles. The molecule has 0 fully saturated rings. The molecule has 2 aliphatic heterocycles. The minimum Gasteiger partial charge on any atom is -0.485 e. The predicted molar refractivity (Wildman–Crippen MR) is 80.7 cm³/mol. The molecule has 0 aliphatic carbocycles. The summed E-state index contributed by atoms with van der Waals surface area (Å²) in [7, 11) is 0. The number of carbonyl (C=O) groups is 1. The molecule has 5 nitrogen and oxygen atoms in total. The fraction of sp³-hybridized carbons (Fsp3) is 0.438. The number of nitrogens with one attached hydrogen (secondary N) is 1. The number of ether oxygens (including phenoxy) is 2. The monoisotopic (exact) mass is 288 g/mol. The van der Waals surface area contributed by atoms with Crippen LogP contribution < -0.4 is 10.1 Å². The molecule has 1 aromatic rings. The number of benzene rings is 1. The van der Waals surface area contributed by atoms with Crippen LogP contribution in [0.3, 0.4) is 0 Å². The van der Waals surface area contributed by atoms with E-state index in [2.05, 4.69) is 24.0 Å². The number of rotatable bonds is 1. The van der Waals surface area contributed by atoms with Crippen molar-refractivity contribution in [2.45, 2.75) is 19.8 Å². The summed E-state index contributed by atoms with van der Waals surface area (Å²) in [6.45, 7) is 8.01. The van der Waals surface area contributed by atoms with Crippen molar-refractivity contribution >= 4 is 11.8 Å². The van der Waals surface area contributed by atoms with E-state index in [9.17, 15) is 4.79 Å². The number of nitrogens with zero attached hydrogens (tertiary/aromatic N) is 1. The van der Waals surface area contributed by atoms with Gasteiger partial charge in [-0.05, 0) is 43.0 Å². The Morgan fingerprint density at radius 3 is 2.81 bits per heavy atom. The maximum absolute atomic E-state index is 11.9. The van der Waals surface area contributed by atoms with Crippen molar-refractivity contribution in [3.8, 4) is 5.75 Å². The highest BCUT2D eigenvalue weighted by atomic mass is 16.6. The van der Waals surface area contributed by atoms with Crippen LogP contribution in [0.5, 0.6) is 5.75 Å². The summed E-state index contributed by atoms with van der Waals surface area (Å²) in [6.07, 6.45) is 1.43. The van der Waals surface area contributed by atoms with Crippen molar-refractivity contribution in [2.75, 3.05) is 31.6 Å². The molecule has 1 amide bonds.